The van der Waals surface area contributed by atoms with Crippen LogP contribution in [-0.4, -0.2) is 14.7 Å². The van der Waals surface area contributed by atoms with Crippen molar-refractivity contribution in [3.8, 4) is 11.3 Å². The Morgan fingerprint density at radius 1 is 1.29 bits per heavy atom. The van der Waals surface area contributed by atoms with Gasteiger partial charge in [-0.2, -0.15) is 0 Å². The molecule has 0 saturated carbocycles. The summed E-state index contributed by atoms with van der Waals surface area (Å²) in [6.45, 7) is 0.939. The molecule has 0 radical (unpaired) electrons. The zero-order valence-electron chi connectivity index (χ0n) is 9.50. The number of aromatic nitrogens is 2. The summed E-state index contributed by atoms with van der Waals surface area (Å²) in [5, 5.41) is 9.86. The topological polar surface area (TPSA) is 64.1 Å². The highest BCUT2D eigenvalue weighted by atomic mass is 16.3. The molecule has 1 aliphatic rings. The number of hydrogen-bond donors (Lipinski definition) is 2. The van der Waals surface area contributed by atoms with E-state index in [-0.39, 0.29) is 0 Å². The average molecular weight is 229 g/mol. The molecular weight excluding hydrogens is 214 g/mol. The lowest BCUT2D eigenvalue weighted by Crippen LogP contribution is -2.14. The minimum Gasteiger partial charge on any atom is -0.399 e. The van der Waals surface area contributed by atoms with E-state index in [1.807, 2.05) is 35.0 Å². The molecule has 0 saturated heterocycles. The van der Waals surface area contributed by atoms with Crippen molar-refractivity contribution in [3.05, 3.63) is 36.3 Å². The molecule has 0 amide bonds. The molecule has 0 fully saturated rings. The molecule has 1 atom stereocenters. The molecule has 2 heterocycles. The van der Waals surface area contributed by atoms with Gasteiger partial charge >= 0.3 is 0 Å². The fraction of sp³-hybridized carbons (Fsp3) is 0.308. The van der Waals surface area contributed by atoms with Crippen LogP contribution in [0, 0.1) is 0 Å². The predicted molar refractivity (Wildman–Crippen MR) is 66.3 cm³/mol. The number of imidazole rings is 1. The van der Waals surface area contributed by atoms with E-state index in [1.165, 1.54) is 0 Å². The molecule has 3 N–H and O–H groups in total. The van der Waals surface area contributed by atoms with Crippen molar-refractivity contribution in [2.24, 2.45) is 0 Å². The van der Waals surface area contributed by atoms with Gasteiger partial charge in [0.25, 0.3) is 0 Å². The van der Waals surface area contributed by atoms with Crippen molar-refractivity contribution < 1.29 is 5.11 Å². The first-order valence-electron chi connectivity index (χ1n) is 5.85. The van der Waals surface area contributed by atoms with Gasteiger partial charge in [-0.05, 0) is 25.0 Å². The normalized spacial score (nSPS) is 19.0. The summed E-state index contributed by atoms with van der Waals surface area (Å²) in [4.78, 5) is 4.50. The van der Waals surface area contributed by atoms with E-state index in [0.717, 1.165) is 42.2 Å². The molecule has 1 aromatic carbocycles. The van der Waals surface area contributed by atoms with Crippen molar-refractivity contribution in [1.29, 1.82) is 0 Å². The zero-order valence-corrected chi connectivity index (χ0v) is 9.50. The maximum Gasteiger partial charge on any atom is 0.138 e. The highest BCUT2D eigenvalue weighted by Crippen LogP contribution is 2.28. The number of nitrogens with zero attached hydrogens (tertiary/aromatic N) is 2. The second-order valence-electron chi connectivity index (χ2n) is 4.46. The Labute approximate surface area is 99.7 Å². The molecule has 88 valence electrons. The van der Waals surface area contributed by atoms with Crippen LogP contribution in [0.15, 0.2) is 30.5 Å². The van der Waals surface area contributed by atoms with Gasteiger partial charge in [-0.25, -0.2) is 4.98 Å². The summed E-state index contributed by atoms with van der Waals surface area (Å²) in [6, 6.07) is 7.64. The number of nitrogen functional groups attached to an aromatic ring is 1. The molecule has 17 heavy (non-hydrogen) atoms. The number of hydrogen-bond acceptors (Lipinski definition) is 3. The zero-order chi connectivity index (χ0) is 11.8. The van der Waals surface area contributed by atoms with Crippen LogP contribution in [0.1, 0.15) is 24.8 Å². The number of fused-ring (bicyclic) bond motifs is 1. The van der Waals surface area contributed by atoms with Crippen LogP contribution in [0.25, 0.3) is 11.3 Å². The van der Waals surface area contributed by atoms with Gasteiger partial charge in [0.05, 0.1) is 5.69 Å². The third-order valence-corrected chi connectivity index (χ3v) is 3.19. The summed E-state index contributed by atoms with van der Waals surface area (Å²) in [5.74, 6) is 0.781. The fourth-order valence-electron chi connectivity index (χ4n) is 2.25. The lowest BCUT2D eigenvalue weighted by molar-refractivity contribution is 0.134. The molecule has 0 aliphatic carbocycles. The lowest BCUT2D eigenvalue weighted by Gasteiger charge is -2.18. The lowest BCUT2D eigenvalue weighted by atomic mass is 10.1. The van der Waals surface area contributed by atoms with Crippen molar-refractivity contribution in [2.45, 2.75) is 25.5 Å². The Hall–Kier alpha value is -1.81. The van der Waals surface area contributed by atoms with Crippen LogP contribution >= 0.6 is 0 Å². The summed E-state index contributed by atoms with van der Waals surface area (Å²) < 4.78 is 2.04. The maximum absolute atomic E-state index is 9.86. The average Bonchev–Trinajstić information content (AvgIpc) is 2.75. The first kappa shape index (κ1) is 10.4. The number of anilines is 1. The predicted octanol–water partition coefficient (Wildman–Crippen LogP) is 1.96. The van der Waals surface area contributed by atoms with Gasteiger partial charge in [0.1, 0.15) is 11.9 Å². The van der Waals surface area contributed by atoms with Crippen LogP contribution in [0.3, 0.4) is 0 Å². The number of nitrogens with two attached hydrogens (primary N) is 1. The quantitative estimate of drug-likeness (QED) is 0.735. The van der Waals surface area contributed by atoms with Crippen molar-refractivity contribution in [3.63, 3.8) is 0 Å². The Kier molecular flexibility index (Phi) is 2.37. The van der Waals surface area contributed by atoms with E-state index < -0.39 is 6.10 Å². The van der Waals surface area contributed by atoms with E-state index in [4.69, 9.17) is 5.73 Å². The highest BCUT2D eigenvalue weighted by Gasteiger charge is 2.20. The van der Waals surface area contributed by atoms with Crippen LogP contribution in [-0.2, 0) is 6.54 Å². The smallest absolute Gasteiger partial charge is 0.138 e. The van der Waals surface area contributed by atoms with Gasteiger partial charge in [-0.3, -0.25) is 0 Å². The molecule has 0 spiro atoms. The van der Waals surface area contributed by atoms with Gasteiger partial charge in [0.15, 0.2) is 0 Å². The Morgan fingerprint density at radius 3 is 2.76 bits per heavy atom. The second-order valence-corrected chi connectivity index (χ2v) is 4.46. The van der Waals surface area contributed by atoms with Crippen LogP contribution < -0.4 is 5.73 Å². The molecule has 3 rings (SSSR count). The minimum absolute atomic E-state index is 0.425. The van der Waals surface area contributed by atoms with Crippen LogP contribution in [0.4, 0.5) is 5.69 Å². The monoisotopic (exact) mass is 229 g/mol. The van der Waals surface area contributed by atoms with E-state index in [9.17, 15) is 5.11 Å². The molecule has 0 unspecified atom stereocenters. The number of aliphatic hydroxyl groups excluding tert-OH is 1. The van der Waals surface area contributed by atoms with Crippen LogP contribution in [0.2, 0.25) is 0 Å². The van der Waals surface area contributed by atoms with Crippen molar-refractivity contribution in [2.75, 3.05) is 5.73 Å². The summed E-state index contributed by atoms with van der Waals surface area (Å²) in [6.07, 6.45) is 3.39. The number of aryl methyl sites for hydroxylation is 1. The highest BCUT2D eigenvalue weighted by molar-refractivity contribution is 5.61. The molecule has 4 nitrogen and oxygen atoms in total. The summed E-state index contributed by atoms with van der Waals surface area (Å²) in [5.41, 5.74) is 8.35. The maximum atomic E-state index is 9.86. The van der Waals surface area contributed by atoms with Crippen LogP contribution in [0.5, 0.6) is 0 Å². The van der Waals surface area contributed by atoms with E-state index in [0.29, 0.717) is 0 Å². The van der Waals surface area contributed by atoms with Gasteiger partial charge in [0, 0.05) is 24.0 Å². The second kappa shape index (κ2) is 3.89. The summed E-state index contributed by atoms with van der Waals surface area (Å²) in [7, 11) is 0. The molecule has 0 bridgehead atoms. The molecule has 4 heteroatoms. The van der Waals surface area contributed by atoms with Gasteiger partial charge < -0.3 is 15.4 Å². The molecule has 1 aliphatic heterocycles. The third kappa shape index (κ3) is 1.80. The number of benzene rings is 1. The standard InChI is InChI=1S/C13H15N3O/c14-10-5-3-9(4-6-10)11-8-16-7-1-2-12(17)13(16)15-11/h3-6,8,12,17H,1-2,7,14H2/t12-/m1/s1. The van der Waals surface area contributed by atoms with Crippen molar-refractivity contribution in [1.82, 2.24) is 9.55 Å². The minimum atomic E-state index is -0.425. The largest absolute Gasteiger partial charge is 0.399 e. The Balaban J connectivity index is 2.02. The van der Waals surface area contributed by atoms with Gasteiger partial charge in [0.2, 0.25) is 0 Å². The molecule has 1 aromatic heterocycles. The number of aliphatic hydroxyl groups is 1. The van der Waals surface area contributed by atoms with E-state index >= 15 is 0 Å². The first-order valence-corrected chi connectivity index (χ1v) is 5.85. The number of rotatable bonds is 1. The van der Waals surface area contributed by atoms with E-state index in [2.05, 4.69) is 4.98 Å². The first-order chi connectivity index (χ1) is 8.24. The Bertz CT molecular complexity index is 530. The third-order valence-electron chi connectivity index (χ3n) is 3.19. The SMILES string of the molecule is Nc1ccc(-c2cn3c(n2)[C@H](O)CCC3)cc1. The fourth-order valence-corrected chi connectivity index (χ4v) is 2.25. The van der Waals surface area contributed by atoms with Gasteiger partial charge in [-0.1, -0.05) is 12.1 Å². The van der Waals surface area contributed by atoms with Crippen molar-refractivity contribution >= 4 is 5.69 Å². The van der Waals surface area contributed by atoms with Gasteiger partial charge in [-0.15, -0.1) is 0 Å². The summed E-state index contributed by atoms with van der Waals surface area (Å²) >= 11 is 0. The molecular formula is C13H15N3O. The van der Waals surface area contributed by atoms with E-state index in [1.54, 1.807) is 0 Å². The Morgan fingerprint density at radius 2 is 2.06 bits per heavy atom. The molecule has 2 aromatic rings.